The van der Waals surface area contributed by atoms with Gasteiger partial charge in [-0.25, -0.2) is 0 Å². The maximum absolute atomic E-state index is 12.2. The van der Waals surface area contributed by atoms with Crippen LogP contribution in [0.25, 0.3) is 0 Å². The summed E-state index contributed by atoms with van der Waals surface area (Å²) in [4.78, 5) is 35.1. The molecule has 2 N–H and O–H groups in total. The normalized spacial score (nSPS) is 11.5. The summed E-state index contributed by atoms with van der Waals surface area (Å²) >= 11 is 1.25. The molecule has 6 heteroatoms. The van der Waals surface area contributed by atoms with Gasteiger partial charge in [0, 0.05) is 12.0 Å². The number of hydrogen-bond donors (Lipinski definition) is 2. The first-order valence-electron chi connectivity index (χ1n) is 8.28. The molecule has 0 heterocycles. The Kier molecular flexibility index (Phi) is 7.89. The number of carbonyl (C=O) groups is 3. The molecule has 2 aromatic carbocycles. The molecule has 5 nitrogen and oxygen atoms in total. The number of carboxylic acids is 1. The van der Waals surface area contributed by atoms with Crippen LogP contribution in [-0.2, 0) is 9.59 Å². The van der Waals surface area contributed by atoms with Crippen molar-refractivity contribution < 1.29 is 19.5 Å². The molecule has 1 unspecified atom stereocenters. The Hall–Kier alpha value is -2.60. The molecule has 136 valence electrons. The monoisotopic (exact) mass is 371 g/mol. The molecule has 0 saturated heterocycles. The lowest BCUT2D eigenvalue weighted by molar-refractivity contribution is -0.137. The van der Waals surface area contributed by atoms with E-state index in [1.807, 2.05) is 36.4 Å². The summed E-state index contributed by atoms with van der Waals surface area (Å²) < 4.78 is 0. The van der Waals surface area contributed by atoms with Crippen molar-refractivity contribution in [3.63, 3.8) is 0 Å². The molecule has 0 aliphatic rings. The molecule has 2 aromatic rings. The molecule has 0 aliphatic heterocycles. The number of carboxylic acid groups (broad SMARTS) is 1. The van der Waals surface area contributed by atoms with Gasteiger partial charge in [-0.1, -0.05) is 60.7 Å². The number of nitrogens with one attached hydrogen (secondary N) is 1. The van der Waals surface area contributed by atoms with Gasteiger partial charge >= 0.3 is 5.97 Å². The maximum Gasteiger partial charge on any atom is 0.303 e. The smallest absolute Gasteiger partial charge is 0.303 e. The number of Topliss-reactive ketones (excluding diaryl/α,β-unsaturated/α-hetero) is 1. The van der Waals surface area contributed by atoms with Crippen LogP contribution in [0.3, 0.4) is 0 Å². The fourth-order valence-electron chi connectivity index (χ4n) is 2.46. The van der Waals surface area contributed by atoms with E-state index >= 15 is 0 Å². The molecule has 2 rings (SSSR count). The Bertz CT molecular complexity index is 734. The lowest BCUT2D eigenvalue weighted by atomic mass is 10.0. The first-order chi connectivity index (χ1) is 12.6. The third-order valence-corrected chi connectivity index (χ3v) is 4.68. The average molecular weight is 371 g/mol. The molecule has 0 radical (unpaired) electrons. The van der Waals surface area contributed by atoms with Crippen molar-refractivity contribution in [3.05, 3.63) is 71.8 Å². The van der Waals surface area contributed by atoms with Crippen molar-refractivity contribution in [3.8, 4) is 0 Å². The summed E-state index contributed by atoms with van der Waals surface area (Å²) in [5.41, 5.74) is 1.50. The van der Waals surface area contributed by atoms with Crippen LogP contribution in [0.5, 0.6) is 0 Å². The van der Waals surface area contributed by atoms with Gasteiger partial charge in [0.05, 0.1) is 17.5 Å². The fraction of sp³-hybridized carbons (Fsp3) is 0.250. The minimum absolute atomic E-state index is 0.0195. The van der Waals surface area contributed by atoms with Crippen LogP contribution in [0.1, 0.15) is 34.8 Å². The third kappa shape index (κ3) is 6.72. The SMILES string of the molecule is O=C(O)CCC(NC(=O)CSCC(=O)c1ccccc1)c1ccccc1. The van der Waals surface area contributed by atoms with Gasteiger partial charge in [0.25, 0.3) is 0 Å². The maximum atomic E-state index is 12.2. The molecule has 0 bridgehead atoms. The number of benzene rings is 2. The van der Waals surface area contributed by atoms with Gasteiger partial charge in [-0.3, -0.25) is 14.4 Å². The average Bonchev–Trinajstić information content (AvgIpc) is 2.66. The van der Waals surface area contributed by atoms with Crippen LogP contribution in [0, 0.1) is 0 Å². The molecule has 0 aliphatic carbocycles. The first kappa shape index (κ1) is 19.7. The van der Waals surface area contributed by atoms with Crippen LogP contribution >= 0.6 is 11.8 Å². The van der Waals surface area contributed by atoms with Gasteiger partial charge in [-0.05, 0) is 12.0 Å². The van der Waals surface area contributed by atoms with Crippen molar-refractivity contribution in [2.24, 2.45) is 0 Å². The third-order valence-electron chi connectivity index (χ3n) is 3.75. The second-order valence-electron chi connectivity index (χ2n) is 5.75. The van der Waals surface area contributed by atoms with Crippen LogP contribution in [-0.4, -0.2) is 34.3 Å². The molecule has 1 amide bonds. The number of ketones is 1. The summed E-state index contributed by atoms with van der Waals surface area (Å²) in [6.45, 7) is 0. The Balaban J connectivity index is 1.84. The van der Waals surface area contributed by atoms with Gasteiger partial charge in [-0.2, -0.15) is 0 Å². The van der Waals surface area contributed by atoms with Crippen molar-refractivity contribution in [2.45, 2.75) is 18.9 Å². The highest BCUT2D eigenvalue weighted by Gasteiger charge is 2.16. The second kappa shape index (κ2) is 10.4. The first-order valence-corrected chi connectivity index (χ1v) is 9.44. The highest BCUT2D eigenvalue weighted by atomic mass is 32.2. The molecule has 0 fully saturated rings. The largest absolute Gasteiger partial charge is 0.481 e. The molecule has 1 atom stereocenters. The Morgan fingerprint density at radius 3 is 2.15 bits per heavy atom. The van der Waals surface area contributed by atoms with Gasteiger partial charge < -0.3 is 10.4 Å². The minimum atomic E-state index is -0.900. The summed E-state index contributed by atoms with van der Waals surface area (Å²) in [5.74, 6) is -0.760. The summed E-state index contributed by atoms with van der Waals surface area (Å²) in [6, 6.07) is 17.9. The lowest BCUT2D eigenvalue weighted by Crippen LogP contribution is -2.30. The number of amides is 1. The highest BCUT2D eigenvalue weighted by molar-refractivity contribution is 8.00. The van der Waals surface area contributed by atoms with E-state index in [1.54, 1.807) is 24.3 Å². The topological polar surface area (TPSA) is 83.5 Å². The number of carbonyl (C=O) groups excluding carboxylic acids is 2. The van der Waals surface area contributed by atoms with Gasteiger partial charge in [0.2, 0.25) is 5.91 Å². The van der Waals surface area contributed by atoms with E-state index in [4.69, 9.17) is 5.11 Å². The number of thioether (sulfide) groups is 1. The van der Waals surface area contributed by atoms with Crippen LogP contribution in [0.2, 0.25) is 0 Å². The summed E-state index contributed by atoms with van der Waals surface area (Å²) in [7, 11) is 0. The summed E-state index contributed by atoms with van der Waals surface area (Å²) in [5, 5.41) is 11.8. The zero-order chi connectivity index (χ0) is 18.8. The Labute approximate surface area is 156 Å². The van der Waals surface area contributed by atoms with E-state index in [1.165, 1.54) is 11.8 Å². The molecular formula is C20H21NO4S. The highest BCUT2D eigenvalue weighted by Crippen LogP contribution is 2.18. The van der Waals surface area contributed by atoms with E-state index < -0.39 is 5.97 Å². The Morgan fingerprint density at radius 2 is 1.54 bits per heavy atom. The van der Waals surface area contributed by atoms with E-state index in [9.17, 15) is 14.4 Å². The molecule has 26 heavy (non-hydrogen) atoms. The standard InChI is InChI=1S/C20H21NO4S/c22-18(16-9-5-2-6-10-16)13-26-14-19(23)21-17(11-12-20(24)25)15-7-3-1-4-8-15/h1-10,17H,11-14H2,(H,21,23)(H,24,25). The van der Waals surface area contributed by atoms with E-state index in [0.717, 1.165) is 5.56 Å². The minimum Gasteiger partial charge on any atom is -0.481 e. The number of rotatable bonds is 10. The van der Waals surface area contributed by atoms with Gasteiger partial charge in [0.1, 0.15) is 0 Å². The van der Waals surface area contributed by atoms with Crippen LogP contribution in [0.15, 0.2) is 60.7 Å². The quantitative estimate of drug-likeness (QED) is 0.626. The fourth-order valence-corrected chi connectivity index (χ4v) is 3.18. The molecule has 0 spiro atoms. The van der Waals surface area contributed by atoms with Gasteiger partial charge in [-0.15, -0.1) is 11.8 Å². The van der Waals surface area contributed by atoms with Crippen molar-refractivity contribution in [1.29, 1.82) is 0 Å². The van der Waals surface area contributed by atoms with Crippen molar-refractivity contribution in [1.82, 2.24) is 5.32 Å². The summed E-state index contributed by atoms with van der Waals surface area (Å²) in [6.07, 6.45) is 0.290. The second-order valence-corrected chi connectivity index (χ2v) is 6.73. The molecule has 0 saturated carbocycles. The van der Waals surface area contributed by atoms with Crippen molar-refractivity contribution >= 4 is 29.4 Å². The van der Waals surface area contributed by atoms with E-state index in [-0.39, 0.29) is 35.7 Å². The van der Waals surface area contributed by atoms with E-state index in [0.29, 0.717) is 12.0 Å². The molecule has 0 aromatic heterocycles. The number of aliphatic carboxylic acids is 1. The Morgan fingerprint density at radius 1 is 0.923 bits per heavy atom. The van der Waals surface area contributed by atoms with Crippen LogP contribution < -0.4 is 5.32 Å². The zero-order valence-electron chi connectivity index (χ0n) is 14.3. The van der Waals surface area contributed by atoms with Gasteiger partial charge in [0.15, 0.2) is 5.78 Å². The van der Waals surface area contributed by atoms with E-state index in [2.05, 4.69) is 5.32 Å². The predicted molar refractivity (Wildman–Crippen MR) is 102 cm³/mol. The zero-order valence-corrected chi connectivity index (χ0v) is 15.1. The number of hydrogen-bond acceptors (Lipinski definition) is 4. The van der Waals surface area contributed by atoms with Crippen molar-refractivity contribution in [2.75, 3.05) is 11.5 Å². The molecular weight excluding hydrogens is 350 g/mol. The predicted octanol–water partition coefficient (Wildman–Crippen LogP) is 3.32. The lowest BCUT2D eigenvalue weighted by Gasteiger charge is -2.18. The van der Waals surface area contributed by atoms with Crippen LogP contribution in [0.4, 0.5) is 0 Å².